The summed E-state index contributed by atoms with van der Waals surface area (Å²) in [4.78, 5) is 28.4. The van der Waals surface area contributed by atoms with Gasteiger partial charge < -0.3 is 15.5 Å². The summed E-state index contributed by atoms with van der Waals surface area (Å²) in [6.07, 6.45) is 3.49. The molecular formula is C17H22FN3O2. The molecule has 124 valence electrons. The molecule has 5 nitrogen and oxygen atoms in total. The van der Waals surface area contributed by atoms with Crippen molar-refractivity contribution in [1.82, 2.24) is 9.80 Å². The van der Waals surface area contributed by atoms with Crippen LogP contribution in [-0.4, -0.2) is 53.3 Å². The zero-order valence-corrected chi connectivity index (χ0v) is 13.1. The molecule has 2 amide bonds. The van der Waals surface area contributed by atoms with Gasteiger partial charge in [0.2, 0.25) is 5.91 Å². The number of carbonyl (C=O) groups is 2. The van der Waals surface area contributed by atoms with Crippen LogP contribution in [0.2, 0.25) is 0 Å². The summed E-state index contributed by atoms with van der Waals surface area (Å²) in [5.74, 6) is -0.608. The molecule has 1 saturated carbocycles. The van der Waals surface area contributed by atoms with Gasteiger partial charge in [-0.3, -0.25) is 9.59 Å². The summed E-state index contributed by atoms with van der Waals surface area (Å²) in [6.45, 7) is 1.88. The molecule has 23 heavy (non-hydrogen) atoms. The third kappa shape index (κ3) is 3.22. The van der Waals surface area contributed by atoms with Gasteiger partial charge in [-0.1, -0.05) is 18.9 Å². The Morgan fingerprint density at radius 3 is 2.26 bits per heavy atom. The highest BCUT2D eigenvalue weighted by Gasteiger charge is 2.40. The smallest absolute Gasteiger partial charge is 0.254 e. The second kappa shape index (κ2) is 6.28. The predicted molar refractivity (Wildman–Crippen MR) is 84.3 cm³/mol. The second-order valence-corrected chi connectivity index (χ2v) is 6.46. The maximum atomic E-state index is 13.2. The van der Waals surface area contributed by atoms with Gasteiger partial charge in [0.25, 0.3) is 5.91 Å². The van der Waals surface area contributed by atoms with E-state index in [0.29, 0.717) is 31.7 Å². The quantitative estimate of drug-likeness (QED) is 0.895. The maximum Gasteiger partial charge on any atom is 0.254 e. The number of hydrogen-bond donors (Lipinski definition) is 1. The molecule has 0 aromatic heterocycles. The Kier molecular flexibility index (Phi) is 4.35. The van der Waals surface area contributed by atoms with Crippen LogP contribution in [0.4, 0.5) is 4.39 Å². The fourth-order valence-electron chi connectivity index (χ4n) is 3.45. The highest BCUT2D eigenvalue weighted by Crippen LogP contribution is 2.29. The van der Waals surface area contributed by atoms with E-state index in [2.05, 4.69) is 0 Å². The van der Waals surface area contributed by atoms with Crippen LogP contribution in [0, 0.1) is 5.82 Å². The average Bonchev–Trinajstić information content (AvgIpc) is 3.01. The summed E-state index contributed by atoms with van der Waals surface area (Å²) < 4.78 is 13.2. The van der Waals surface area contributed by atoms with Crippen molar-refractivity contribution in [3.05, 3.63) is 35.6 Å². The van der Waals surface area contributed by atoms with Gasteiger partial charge in [0.05, 0.1) is 5.54 Å². The van der Waals surface area contributed by atoms with E-state index in [0.717, 1.165) is 25.7 Å². The van der Waals surface area contributed by atoms with Crippen molar-refractivity contribution >= 4 is 11.8 Å². The second-order valence-electron chi connectivity index (χ2n) is 6.46. The minimum absolute atomic E-state index is 0.00727. The standard InChI is InChI=1S/C17H22FN3O2/c18-14-5-3-4-13(12-14)15(22)20-8-10-21(11-9-20)16(23)17(19)6-1-2-7-17/h3-5,12H,1-2,6-11,19H2. The van der Waals surface area contributed by atoms with Crippen LogP contribution in [-0.2, 0) is 4.79 Å². The molecule has 2 aliphatic rings. The normalized spacial score (nSPS) is 20.6. The molecule has 0 unspecified atom stereocenters. The number of rotatable bonds is 2. The lowest BCUT2D eigenvalue weighted by molar-refractivity contribution is -0.138. The van der Waals surface area contributed by atoms with Gasteiger partial charge in [0.1, 0.15) is 5.82 Å². The first-order valence-electron chi connectivity index (χ1n) is 8.13. The summed E-state index contributed by atoms with van der Waals surface area (Å²) in [6, 6.07) is 5.69. The number of benzene rings is 1. The minimum Gasteiger partial charge on any atom is -0.338 e. The zero-order valence-electron chi connectivity index (χ0n) is 13.1. The third-order valence-electron chi connectivity index (χ3n) is 4.85. The first kappa shape index (κ1) is 15.9. The average molecular weight is 319 g/mol. The van der Waals surface area contributed by atoms with E-state index in [1.54, 1.807) is 15.9 Å². The first-order chi connectivity index (χ1) is 11.0. The first-order valence-corrected chi connectivity index (χ1v) is 8.13. The number of piperazine rings is 1. The van der Waals surface area contributed by atoms with Crippen molar-refractivity contribution in [2.75, 3.05) is 26.2 Å². The Labute approximate surface area is 135 Å². The molecule has 6 heteroatoms. The van der Waals surface area contributed by atoms with Gasteiger partial charge in [-0.05, 0) is 31.0 Å². The van der Waals surface area contributed by atoms with Gasteiger partial charge in [0, 0.05) is 31.7 Å². The number of hydrogen-bond acceptors (Lipinski definition) is 3. The molecule has 0 spiro atoms. The van der Waals surface area contributed by atoms with Crippen LogP contribution in [0.1, 0.15) is 36.0 Å². The van der Waals surface area contributed by atoms with Crippen molar-refractivity contribution in [2.24, 2.45) is 5.73 Å². The molecule has 0 bridgehead atoms. The fraction of sp³-hybridized carbons (Fsp3) is 0.529. The predicted octanol–water partition coefficient (Wildman–Crippen LogP) is 1.38. The van der Waals surface area contributed by atoms with Crippen molar-refractivity contribution in [3.63, 3.8) is 0 Å². The van der Waals surface area contributed by atoms with Gasteiger partial charge >= 0.3 is 0 Å². The number of halogens is 1. The van der Waals surface area contributed by atoms with Crippen molar-refractivity contribution in [2.45, 2.75) is 31.2 Å². The van der Waals surface area contributed by atoms with Crippen molar-refractivity contribution in [1.29, 1.82) is 0 Å². The SMILES string of the molecule is NC1(C(=O)N2CCN(C(=O)c3cccc(F)c3)CC2)CCCC1. The van der Waals surface area contributed by atoms with Crippen LogP contribution >= 0.6 is 0 Å². The van der Waals surface area contributed by atoms with E-state index in [9.17, 15) is 14.0 Å². The fourth-order valence-corrected chi connectivity index (χ4v) is 3.45. The summed E-state index contributed by atoms with van der Waals surface area (Å²) in [5.41, 5.74) is 5.85. The number of nitrogens with zero attached hydrogens (tertiary/aromatic N) is 2. The molecule has 1 aromatic carbocycles. The van der Waals surface area contributed by atoms with Crippen molar-refractivity contribution in [3.8, 4) is 0 Å². The van der Waals surface area contributed by atoms with E-state index in [-0.39, 0.29) is 11.8 Å². The van der Waals surface area contributed by atoms with Crippen LogP contribution in [0.15, 0.2) is 24.3 Å². The molecule has 2 fully saturated rings. The van der Waals surface area contributed by atoms with Gasteiger partial charge in [0.15, 0.2) is 0 Å². The monoisotopic (exact) mass is 319 g/mol. The molecule has 1 aliphatic carbocycles. The summed E-state index contributed by atoms with van der Waals surface area (Å²) in [7, 11) is 0. The number of nitrogens with two attached hydrogens (primary N) is 1. The van der Waals surface area contributed by atoms with E-state index in [4.69, 9.17) is 5.73 Å². The number of carbonyl (C=O) groups excluding carboxylic acids is 2. The van der Waals surface area contributed by atoms with E-state index < -0.39 is 11.4 Å². The van der Waals surface area contributed by atoms with Crippen LogP contribution in [0.25, 0.3) is 0 Å². The molecule has 0 radical (unpaired) electrons. The summed E-state index contributed by atoms with van der Waals surface area (Å²) >= 11 is 0. The van der Waals surface area contributed by atoms with Crippen molar-refractivity contribution < 1.29 is 14.0 Å². The van der Waals surface area contributed by atoms with Crippen LogP contribution in [0.3, 0.4) is 0 Å². The summed E-state index contributed by atoms with van der Waals surface area (Å²) in [5, 5.41) is 0. The minimum atomic E-state index is -0.714. The van der Waals surface area contributed by atoms with Gasteiger partial charge in [-0.25, -0.2) is 4.39 Å². The zero-order chi connectivity index (χ0) is 16.4. The Morgan fingerprint density at radius 1 is 1.04 bits per heavy atom. The topological polar surface area (TPSA) is 66.6 Å². The Bertz CT molecular complexity index is 606. The lowest BCUT2D eigenvalue weighted by Gasteiger charge is -2.38. The van der Waals surface area contributed by atoms with E-state index in [1.807, 2.05) is 0 Å². The van der Waals surface area contributed by atoms with Gasteiger partial charge in [-0.2, -0.15) is 0 Å². The molecule has 1 aliphatic heterocycles. The van der Waals surface area contributed by atoms with Gasteiger partial charge in [-0.15, -0.1) is 0 Å². The van der Waals surface area contributed by atoms with Crippen LogP contribution < -0.4 is 5.73 Å². The van der Waals surface area contributed by atoms with E-state index in [1.165, 1.54) is 18.2 Å². The largest absolute Gasteiger partial charge is 0.338 e. The van der Waals surface area contributed by atoms with E-state index >= 15 is 0 Å². The highest BCUT2D eigenvalue weighted by molar-refractivity contribution is 5.94. The lowest BCUT2D eigenvalue weighted by atomic mass is 9.97. The van der Waals surface area contributed by atoms with Crippen LogP contribution in [0.5, 0.6) is 0 Å². The Balaban J connectivity index is 1.60. The molecule has 1 heterocycles. The molecule has 1 saturated heterocycles. The number of amides is 2. The molecule has 3 rings (SSSR count). The lowest BCUT2D eigenvalue weighted by Crippen LogP contribution is -2.59. The molecule has 1 aromatic rings. The third-order valence-corrected chi connectivity index (χ3v) is 4.85. The Hall–Kier alpha value is -1.95. The highest BCUT2D eigenvalue weighted by atomic mass is 19.1. The molecule has 0 atom stereocenters. The molecular weight excluding hydrogens is 297 g/mol. The molecule has 2 N–H and O–H groups in total. The maximum absolute atomic E-state index is 13.2. The Morgan fingerprint density at radius 2 is 1.65 bits per heavy atom.